The van der Waals surface area contributed by atoms with Crippen LogP contribution in [0.5, 0.6) is 0 Å². The van der Waals surface area contributed by atoms with E-state index >= 15 is 0 Å². The fraction of sp³-hybridized carbons (Fsp3) is 0.688. The second-order valence-electron chi connectivity index (χ2n) is 6.35. The molecule has 0 saturated carbocycles. The maximum Gasteiger partial charge on any atom is 0.266 e. The Kier molecular flexibility index (Phi) is 4.77. The number of carbonyl (C=O) groups is 1. The first-order valence-corrected chi connectivity index (χ1v) is 8.24. The van der Waals surface area contributed by atoms with Crippen molar-refractivity contribution in [3.8, 4) is 0 Å². The van der Waals surface area contributed by atoms with Crippen LogP contribution in [-0.2, 0) is 29.5 Å². The number of amides is 1. The summed E-state index contributed by atoms with van der Waals surface area (Å²) < 4.78 is 6.89. The van der Waals surface area contributed by atoms with E-state index in [1.54, 1.807) is 13.1 Å². The Hall–Kier alpha value is -1.73. The molecule has 0 spiro atoms. The van der Waals surface area contributed by atoms with E-state index in [0.717, 1.165) is 43.7 Å². The molecule has 2 unspecified atom stereocenters. The van der Waals surface area contributed by atoms with Gasteiger partial charge in [0.15, 0.2) is 0 Å². The van der Waals surface area contributed by atoms with Crippen LogP contribution in [0.4, 0.5) is 0 Å². The number of rotatable bonds is 4. The fourth-order valence-corrected chi connectivity index (χ4v) is 3.18. The highest BCUT2D eigenvalue weighted by Gasteiger charge is 2.27. The van der Waals surface area contributed by atoms with Gasteiger partial charge in [-0.1, -0.05) is 0 Å². The summed E-state index contributed by atoms with van der Waals surface area (Å²) in [6.07, 6.45) is 2.99. The lowest BCUT2D eigenvalue weighted by Gasteiger charge is -2.32. The van der Waals surface area contributed by atoms with Crippen molar-refractivity contribution < 1.29 is 9.53 Å². The van der Waals surface area contributed by atoms with Gasteiger partial charge in [-0.05, 0) is 25.3 Å². The minimum atomic E-state index is -0.228. The number of nitrogens with zero attached hydrogens (tertiary/aromatic N) is 3. The van der Waals surface area contributed by atoms with Crippen LogP contribution in [0.25, 0.3) is 0 Å². The molecule has 1 aromatic rings. The van der Waals surface area contributed by atoms with Gasteiger partial charge in [0.1, 0.15) is 0 Å². The molecule has 2 aliphatic heterocycles. The zero-order valence-electron chi connectivity index (χ0n) is 13.7. The maximum atomic E-state index is 12.3. The molecule has 23 heavy (non-hydrogen) atoms. The number of fused-ring (bicyclic) bond motifs is 1. The first-order valence-electron chi connectivity index (χ1n) is 8.24. The van der Waals surface area contributed by atoms with Crippen LogP contribution in [0.1, 0.15) is 31.0 Å². The summed E-state index contributed by atoms with van der Waals surface area (Å²) in [4.78, 5) is 26.2. The SMILES string of the molecule is CC(C(=O)NCC1CCCO1)N1CCc2nn(C)c(=O)cc2C1. The van der Waals surface area contributed by atoms with E-state index in [-0.39, 0.29) is 23.6 Å². The molecule has 3 rings (SSSR count). The topological polar surface area (TPSA) is 76.5 Å². The van der Waals surface area contributed by atoms with Crippen molar-refractivity contribution in [1.82, 2.24) is 20.0 Å². The second kappa shape index (κ2) is 6.80. The van der Waals surface area contributed by atoms with E-state index < -0.39 is 0 Å². The number of aryl methyl sites for hydroxylation is 1. The van der Waals surface area contributed by atoms with Crippen molar-refractivity contribution in [1.29, 1.82) is 0 Å². The van der Waals surface area contributed by atoms with Gasteiger partial charge in [0.25, 0.3) is 5.56 Å². The first kappa shape index (κ1) is 16.1. The molecule has 0 bridgehead atoms. The maximum absolute atomic E-state index is 12.3. The van der Waals surface area contributed by atoms with E-state index in [1.165, 1.54) is 4.68 Å². The van der Waals surface area contributed by atoms with Gasteiger partial charge in [0.2, 0.25) is 5.91 Å². The van der Waals surface area contributed by atoms with E-state index in [4.69, 9.17) is 4.74 Å². The van der Waals surface area contributed by atoms with Gasteiger partial charge in [0, 0.05) is 45.8 Å². The van der Waals surface area contributed by atoms with Gasteiger partial charge >= 0.3 is 0 Å². The molecule has 1 amide bonds. The lowest BCUT2D eigenvalue weighted by molar-refractivity contribution is -0.126. The summed E-state index contributed by atoms with van der Waals surface area (Å²) in [5.41, 5.74) is 1.77. The molecule has 0 aliphatic carbocycles. The highest BCUT2D eigenvalue weighted by molar-refractivity contribution is 5.81. The van der Waals surface area contributed by atoms with Crippen LogP contribution in [0.15, 0.2) is 10.9 Å². The lowest BCUT2D eigenvalue weighted by atomic mass is 10.0. The Morgan fingerprint density at radius 1 is 1.57 bits per heavy atom. The molecular weight excluding hydrogens is 296 g/mol. The molecule has 1 saturated heterocycles. The monoisotopic (exact) mass is 320 g/mol. The standard InChI is InChI=1S/C16H24N4O3/c1-11(16(22)17-9-13-4-3-7-23-13)20-6-5-14-12(10-20)8-15(21)19(2)18-14/h8,11,13H,3-7,9-10H2,1-2H3,(H,17,22). The normalized spacial score (nSPS) is 22.6. The predicted octanol–water partition coefficient (Wildman–Crippen LogP) is -0.178. The molecule has 1 fully saturated rings. The van der Waals surface area contributed by atoms with Crippen molar-refractivity contribution in [2.75, 3.05) is 19.7 Å². The second-order valence-corrected chi connectivity index (χ2v) is 6.35. The van der Waals surface area contributed by atoms with Crippen LogP contribution in [0.3, 0.4) is 0 Å². The van der Waals surface area contributed by atoms with Crippen molar-refractivity contribution in [2.45, 2.75) is 44.9 Å². The molecule has 7 heteroatoms. The Balaban J connectivity index is 1.59. The highest BCUT2D eigenvalue weighted by atomic mass is 16.5. The van der Waals surface area contributed by atoms with E-state index in [2.05, 4.69) is 15.3 Å². The quantitative estimate of drug-likeness (QED) is 0.833. The molecular formula is C16H24N4O3. The molecule has 126 valence electrons. The summed E-state index contributed by atoms with van der Waals surface area (Å²) in [6, 6.07) is 1.40. The summed E-state index contributed by atoms with van der Waals surface area (Å²) >= 11 is 0. The van der Waals surface area contributed by atoms with Crippen molar-refractivity contribution in [3.05, 3.63) is 27.7 Å². The molecule has 7 nitrogen and oxygen atoms in total. The zero-order valence-corrected chi connectivity index (χ0v) is 13.7. The average molecular weight is 320 g/mol. The van der Waals surface area contributed by atoms with Gasteiger partial charge in [-0.3, -0.25) is 14.5 Å². The largest absolute Gasteiger partial charge is 0.376 e. The minimum absolute atomic E-state index is 0.0146. The van der Waals surface area contributed by atoms with Gasteiger partial charge in [0.05, 0.1) is 17.8 Å². The lowest BCUT2D eigenvalue weighted by Crippen LogP contribution is -2.48. The highest BCUT2D eigenvalue weighted by Crippen LogP contribution is 2.17. The number of nitrogens with one attached hydrogen (secondary N) is 1. The van der Waals surface area contributed by atoms with E-state index in [1.807, 2.05) is 6.92 Å². The number of ether oxygens (including phenoxy) is 1. The van der Waals surface area contributed by atoms with Crippen molar-refractivity contribution >= 4 is 5.91 Å². The van der Waals surface area contributed by atoms with Crippen molar-refractivity contribution in [2.24, 2.45) is 7.05 Å². The first-order chi connectivity index (χ1) is 11.0. The summed E-state index contributed by atoms with van der Waals surface area (Å²) in [7, 11) is 1.66. The molecule has 1 aromatic heterocycles. The molecule has 2 aliphatic rings. The van der Waals surface area contributed by atoms with Crippen LogP contribution in [-0.4, -0.2) is 52.4 Å². The number of carbonyl (C=O) groups excluding carboxylic acids is 1. The van der Waals surface area contributed by atoms with Crippen LogP contribution in [0.2, 0.25) is 0 Å². The zero-order chi connectivity index (χ0) is 16.4. The molecule has 2 atom stereocenters. The smallest absolute Gasteiger partial charge is 0.266 e. The molecule has 3 heterocycles. The Morgan fingerprint density at radius 3 is 3.13 bits per heavy atom. The number of aromatic nitrogens is 2. The van der Waals surface area contributed by atoms with Crippen LogP contribution < -0.4 is 10.9 Å². The minimum Gasteiger partial charge on any atom is -0.376 e. The number of hydrogen-bond acceptors (Lipinski definition) is 5. The third-order valence-corrected chi connectivity index (χ3v) is 4.72. The fourth-order valence-electron chi connectivity index (χ4n) is 3.18. The van der Waals surface area contributed by atoms with E-state index in [9.17, 15) is 9.59 Å². The van der Waals surface area contributed by atoms with Crippen LogP contribution >= 0.6 is 0 Å². The summed E-state index contributed by atoms with van der Waals surface area (Å²) in [6.45, 7) is 4.64. The third-order valence-electron chi connectivity index (χ3n) is 4.72. The molecule has 0 radical (unpaired) electrons. The van der Waals surface area contributed by atoms with Gasteiger partial charge in [-0.15, -0.1) is 0 Å². The Morgan fingerprint density at radius 2 is 2.39 bits per heavy atom. The Labute approximate surface area is 135 Å². The summed E-state index contributed by atoms with van der Waals surface area (Å²) in [5, 5.41) is 7.28. The third kappa shape index (κ3) is 3.61. The van der Waals surface area contributed by atoms with Gasteiger partial charge in [-0.2, -0.15) is 5.10 Å². The molecule has 0 aromatic carbocycles. The van der Waals surface area contributed by atoms with E-state index in [0.29, 0.717) is 13.1 Å². The number of hydrogen-bond donors (Lipinski definition) is 1. The van der Waals surface area contributed by atoms with Crippen molar-refractivity contribution in [3.63, 3.8) is 0 Å². The van der Waals surface area contributed by atoms with Crippen LogP contribution in [0, 0.1) is 0 Å². The predicted molar refractivity (Wildman–Crippen MR) is 85.0 cm³/mol. The summed E-state index contributed by atoms with van der Waals surface area (Å²) in [5.74, 6) is 0.0146. The molecule has 1 N–H and O–H groups in total. The van der Waals surface area contributed by atoms with Gasteiger partial charge < -0.3 is 10.1 Å². The van der Waals surface area contributed by atoms with Gasteiger partial charge in [-0.25, -0.2) is 4.68 Å². The Bertz CT molecular complexity index is 637. The average Bonchev–Trinajstić information content (AvgIpc) is 3.06.